The van der Waals surface area contributed by atoms with Crippen molar-refractivity contribution in [1.82, 2.24) is 9.79 Å². The van der Waals surface area contributed by atoms with Crippen LogP contribution >= 0.6 is 11.6 Å². The summed E-state index contributed by atoms with van der Waals surface area (Å²) in [4.78, 5) is 12.3. The lowest BCUT2D eigenvalue weighted by atomic mass is 10.0. The van der Waals surface area contributed by atoms with Gasteiger partial charge < -0.3 is 4.74 Å². The fourth-order valence-electron chi connectivity index (χ4n) is 3.02. The van der Waals surface area contributed by atoms with Crippen LogP contribution in [0.25, 0.3) is 0 Å². The molecular formula is C21H26ClFN2O5S. The second-order valence-electron chi connectivity index (χ2n) is 7.20. The molecule has 2 aromatic rings. The van der Waals surface area contributed by atoms with Gasteiger partial charge in [0.1, 0.15) is 11.8 Å². The van der Waals surface area contributed by atoms with Gasteiger partial charge in [0.25, 0.3) is 5.91 Å². The van der Waals surface area contributed by atoms with Crippen molar-refractivity contribution in [2.24, 2.45) is 5.92 Å². The van der Waals surface area contributed by atoms with E-state index in [1.165, 1.54) is 24.3 Å². The molecule has 0 radical (unpaired) electrons. The molecule has 0 unspecified atom stereocenters. The van der Waals surface area contributed by atoms with Crippen molar-refractivity contribution in [2.45, 2.75) is 37.8 Å². The molecule has 1 atom stereocenters. The number of nitrogens with zero attached hydrogens (tertiary/aromatic N) is 1. The Bertz CT molecular complexity index is 953. The average molecular weight is 473 g/mol. The smallest absolute Gasteiger partial charge is 0.262 e. The third-order valence-corrected chi connectivity index (χ3v) is 6.64. The maximum Gasteiger partial charge on any atom is 0.262 e. The number of carbonyl (C=O) groups excluding carboxylic acids is 1. The lowest BCUT2D eigenvalue weighted by molar-refractivity contribution is -0.134. The van der Waals surface area contributed by atoms with Crippen LogP contribution in [0.5, 0.6) is 5.75 Å². The molecule has 0 aliphatic heterocycles. The van der Waals surface area contributed by atoms with E-state index >= 15 is 0 Å². The largest absolute Gasteiger partial charge is 0.493 e. The second-order valence-corrected chi connectivity index (χ2v) is 9.53. The van der Waals surface area contributed by atoms with Crippen molar-refractivity contribution in [3.05, 3.63) is 59.1 Å². The van der Waals surface area contributed by atoms with E-state index in [0.717, 1.165) is 4.31 Å². The minimum Gasteiger partial charge on any atom is -0.493 e. The lowest BCUT2D eigenvalue weighted by Gasteiger charge is -2.32. The fourth-order valence-corrected chi connectivity index (χ4v) is 4.86. The maximum absolute atomic E-state index is 13.5. The van der Waals surface area contributed by atoms with E-state index in [0.29, 0.717) is 16.3 Å². The average Bonchev–Trinajstić information content (AvgIpc) is 2.74. The molecule has 0 heterocycles. The highest BCUT2D eigenvalue weighted by Crippen LogP contribution is 2.27. The van der Waals surface area contributed by atoms with Gasteiger partial charge in [-0.3, -0.25) is 14.4 Å². The molecule has 0 bridgehead atoms. The van der Waals surface area contributed by atoms with Crippen LogP contribution in [0.2, 0.25) is 5.02 Å². The Balaban J connectivity index is 2.42. The third kappa shape index (κ3) is 6.64. The molecule has 0 saturated carbocycles. The van der Waals surface area contributed by atoms with E-state index < -0.39 is 34.6 Å². The number of benzene rings is 2. The number of sulfonamides is 1. The Hall–Kier alpha value is -2.20. The van der Waals surface area contributed by atoms with Crippen LogP contribution in [0.3, 0.4) is 0 Å². The van der Waals surface area contributed by atoms with E-state index in [-0.39, 0.29) is 24.5 Å². The Morgan fingerprint density at radius 3 is 2.29 bits per heavy atom. The van der Waals surface area contributed by atoms with E-state index in [9.17, 15) is 22.8 Å². The van der Waals surface area contributed by atoms with Gasteiger partial charge in [0.15, 0.2) is 0 Å². The van der Waals surface area contributed by atoms with E-state index in [1.807, 2.05) is 0 Å². The summed E-state index contributed by atoms with van der Waals surface area (Å²) >= 11 is 5.92. The molecule has 0 aliphatic rings. The van der Waals surface area contributed by atoms with Crippen LogP contribution in [-0.2, 0) is 21.4 Å². The molecule has 0 saturated heterocycles. The quantitative estimate of drug-likeness (QED) is 0.294. The predicted molar refractivity (Wildman–Crippen MR) is 115 cm³/mol. The molecule has 2 N–H and O–H groups in total. The van der Waals surface area contributed by atoms with Gasteiger partial charge in [-0.05, 0) is 47.9 Å². The number of amides is 1. The Morgan fingerprint density at radius 2 is 1.77 bits per heavy atom. The lowest BCUT2D eigenvalue weighted by Crippen LogP contribution is -2.51. The molecule has 0 aromatic heterocycles. The molecule has 1 amide bonds. The third-order valence-electron chi connectivity index (χ3n) is 4.55. The first-order valence-corrected chi connectivity index (χ1v) is 11.5. The number of hydrogen-bond acceptors (Lipinski definition) is 5. The first-order chi connectivity index (χ1) is 14.7. The molecule has 10 heteroatoms. The summed E-state index contributed by atoms with van der Waals surface area (Å²) in [6.45, 7) is 2.94. The zero-order valence-electron chi connectivity index (χ0n) is 17.3. The number of rotatable bonds is 11. The number of hydroxylamine groups is 1. The van der Waals surface area contributed by atoms with Gasteiger partial charge in [-0.1, -0.05) is 37.6 Å². The molecule has 0 spiro atoms. The van der Waals surface area contributed by atoms with Crippen LogP contribution in [0.4, 0.5) is 4.39 Å². The maximum atomic E-state index is 13.5. The van der Waals surface area contributed by atoms with Crippen molar-refractivity contribution in [1.29, 1.82) is 0 Å². The monoisotopic (exact) mass is 472 g/mol. The van der Waals surface area contributed by atoms with Crippen molar-refractivity contribution >= 4 is 27.5 Å². The number of carbonyl (C=O) groups is 1. The number of halogens is 2. The molecule has 2 aromatic carbocycles. The summed E-state index contributed by atoms with van der Waals surface area (Å²) in [5, 5.41) is 9.69. The normalized spacial score (nSPS) is 12.7. The number of hydrogen-bond donors (Lipinski definition) is 2. The minimum absolute atomic E-state index is 0.0457. The fraction of sp³-hybridized carbons (Fsp3) is 0.381. The standard InChI is InChI=1S/C21H26ClFN2O5S/c1-15(2)20(21(26)24-27)25(14-16-4-6-17(22)7-5-16)31(28,29)19-10-8-18(9-11-19)30-13-3-12-23/h4-11,15,20,27H,3,12-14H2,1-2H3,(H,24,26)/t20-/m1/s1. The van der Waals surface area contributed by atoms with Crippen LogP contribution in [0.1, 0.15) is 25.8 Å². The molecule has 7 nitrogen and oxygen atoms in total. The molecule has 0 fully saturated rings. The molecule has 2 rings (SSSR count). The highest BCUT2D eigenvalue weighted by Gasteiger charge is 2.38. The summed E-state index contributed by atoms with van der Waals surface area (Å²) in [6, 6.07) is 11.1. The van der Waals surface area contributed by atoms with Gasteiger partial charge in [-0.2, -0.15) is 4.31 Å². The summed E-state index contributed by atoms with van der Waals surface area (Å²) in [5.41, 5.74) is 2.19. The SMILES string of the molecule is CC(C)[C@H](C(=O)NO)N(Cc1ccc(Cl)cc1)S(=O)(=O)c1ccc(OCCCF)cc1. The van der Waals surface area contributed by atoms with Crippen LogP contribution < -0.4 is 10.2 Å². The topological polar surface area (TPSA) is 95.9 Å². The second kappa shape index (κ2) is 11.4. The minimum atomic E-state index is -4.14. The van der Waals surface area contributed by atoms with Crippen molar-refractivity contribution in [2.75, 3.05) is 13.3 Å². The Morgan fingerprint density at radius 1 is 1.16 bits per heavy atom. The van der Waals surface area contributed by atoms with Gasteiger partial charge >= 0.3 is 0 Å². The van der Waals surface area contributed by atoms with Crippen molar-refractivity contribution < 1.29 is 27.5 Å². The van der Waals surface area contributed by atoms with Crippen LogP contribution in [-0.4, -0.2) is 43.2 Å². The van der Waals surface area contributed by atoms with Gasteiger partial charge in [0.2, 0.25) is 10.0 Å². The first kappa shape index (κ1) is 25.1. The summed E-state index contributed by atoms with van der Waals surface area (Å²) < 4.78 is 45.6. The number of ether oxygens (including phenoxy) is 1. The summed E-state index contributed by atoms with van der Waals surface area (Å²) in [5.74, 6) is -0.860. The molecule has 170 valence electrons. The first-order valence-electron chi connectivity index (χ1n) is 9.69. The van der Waals surface area contributed by atoms with E-state index in [4.69, 9.17) is 16.3 Å². The zero-order chi connectivity index (χ0) is 23.0. The van der Waals surface area contributed by atoms with E-state index in [2.05, 4.69) is 0 Å². The Kier molecular flexibility index (Phi) is 9.24. The molecule has 31 heavy (non-hydrogen) atoms. The van der Waals surface area contributed by atoms with Gasteiger partial charge in [0.05, 0.1) is 18.2 Å². The molecular weight excluding hydrogens is 447 g/mol. The van der Waals surface area contributed by atoms with Gasteiger partial charge in [0, 0.05) is 18.0 Å². The number of alkyl halides is 1. The van der Waals surface area contributed by atoms with Gasteiger partial charge in [-0.15, -0.1) is 0 Å². The van der Waals surface area contributed by atoms with Crippen molar-refractivity contribution in [3.8, 4) is 5.75 Å². The Labute approximate surface area is 186 Å². The van der Waals surface area contributed by atoms with Crippen LogP contribution in [0.15, 0.2) is 53.4 Å². The van der Waals surface area contributed by atoms with Gasteiger partial charge in [-0.25, -0.2) is 13.9 Å². The predicted octanol–water partition coefficient (Wildman–Crippen LogP) is 3.80. The number of nitrogens with one attached hydrogen (secondary N) is 1. The zero-order valence-corrected chi connectivity index (χ0v) is 18.9. The molecule has 0 aliphatic carbocycles. The van der Waals surface area contributed by atoms with Crippen molar-refractivity contribution in [3.63, 3.8) is 0 Å². The highest BCUT2D eigenvalue weighted by atomic mass is 35.5. The highest BCUT2D eigenvalue weighted by molar-refractivity contribution is 7.89. The summed E-state index contributed by atoms with van der Waals surface area (Å²) in [6.07, 6.45) is 0.237. The van der Waals surface area contributed by atoms with E-state index in [1.54, 1.807) is 43.6 Å². The van der Waals surface area contributed by atoms with Crippen LogP contribution in [0, 0.1) is 5.92 Å². The summed E-state index contributed by atoms with van der Waals surface area (Å²) in [7, 11) is -4.14.